The standard InChI is InChI=1S/C18H25ClN2O2/c19-15-5-3-4-14(10-15)6-9-20-17(22)12-21-16-11-18(23-13-16)7-1-2-8-18/h3-5,10,16,21H,1-2,6-9,11-13H2,(H,20,22). The van der Waals surface area contributed by atoms with Crippen molar-refractivity contribution in [1.29, 1.82) is 0 Å². The molecule has 2 fully saturated rings. The molecule has 1 heterocycles. The number of halogens is 1. The van der Waals surface area contributed by atoms with Crippen molar-refractivity contribution in [1.82, 2.24) is 10.6 Å². The van der Waals surface area contributed by atoms with Gasteiger partial charge < -0.3 is 15.4 Å². The van der Waals surface area contributed by atoms with Gasteiger partial charge >= 0.3 is 0 Å². The molecule has 1 saturated carbocycles. The highest BCUT2D eigenvalue weighted by atomic mass is 35.5. The maximum atomic E-state index is 11.9. The lowest BCUT2D eigenvalue weighted by atomic mass is 9.96. The van der Waals surface area contributed by atoms with Crippen molar-refractivity contribution in [3.05, 3.63) is 34.9 Å². The summed E-state index contributed by atoms with van der Waals surface area (Å²) in [4.78, 5) is 11.9. The maximum Gasteiger partial charge on any atom is 0.233 e. The van der Waals surface area contributed by atoms with Crippen molar-refractivity contribution in [2.45, 2.75) is 50.2 Å². The van der Waals surface area contributed by atoms with E-state index >= 15 is 0 Å². The van der Waals surface area contributed by atoms with E-state index in [4.69, 9.17) is 16.3 Å². The summed E-state index contributed by atoms with van der Waals surface area (Å²) in [6, 6.07) is 8.05. The number of ether oxygens (including phenoxy) is 1. The maximum absolute atomic E-state index is 11.9. The van der Waals surface area contributed by atoms with E-state index in [9.17, 15) is 4.79 Å². The van der Waals surface area contributed by atoms with E-state index in [0.29, 0.717) is 19.1 Å². The first kappa shape index (κ1) is 16.7. The van der Waals surface area contributed by atoms with Gasteiger partial charge in [0.25, 0.3) is 0 Å². The van der Waals surface area contributed by atoms with Crippen molar-refractivity contribution in [2.24, 2.45) is 0 Å². The minimum absolute atomic E-state index is 0.0411. The van der Waals surface area contributed by atoms with Gasteiger partial charge in [0.1, 0.15) is 0 Å². The largest absolute Gasteiger partial charge is 0.373 e. The smallest absolute Gasteiger partial charge is 0.233 e. The van der Waals surface area contributed by atoms with Crippen molar-refractivity contribution < 1.29 is 9.53 Å². The Morgan fingerprint density at radius 2 is 2.17 bits per heavy atom. The molecule has 0 aromatic heterocycles. The van der Waals surface area contributed by atoms with Crippen LogP contribution in [-0.4, -0.2) is 37.2 Å². The van der Waals surface area contributed by atoms with Crippen LogP contribution in [0.4, 0.5) is 0 Å². The highest BCUT2D eigenvalue weighted by Gasteiger charge is 2.42. The second kappa shape index (κ2) is 7.65. The molecule has 1 atom stereocenters. The van der Waals surface area contributed by atoms with Crippen LogP contribution < -0.4 is 10.6 Å². The van der Waals surface area contributed by atoms with Crippen LogP contribution in [-0.2, 0) is 16.0 Å². The zero-order chi connectivity index (χ0) is 16.1. The topological polar surface area (TPSA) is 50.4 Å². The lowest BCUT2D eigenvalue weighted by molar-refractivity contribution is -0.120. The van der Waals surface area contributed by atoms with Crippen LogP contribution in [0.1, 0.15) is 37.7 Å². The summed E-state index contributed by atoms with van der Waals surface area (Å²) in [5.41, 5.74) is 1.25. The summed E-state index contributed by atoms with van der Waals surface area (Å²) in [6.07, 6.45) is 6.74. The van der Waals surface area contributed by atoms with Gasteiger partial charge in [0.15, 0.2) is 0 Å². The van der Waals surface area contributed by atoms with Gasteiger partial charge in [-0.2, -0.15) is 0 Å². The summed E-state index contributed by atoms with van der Waals surface area (Å²) >= 11 is 5.95. The van der Waals surface area contributed by atoms with E-state index in [1.54, 1.807) is 0 Å². The summed E-state index contributed by atoms with van der Waals surface area (Å²) < 4.78 is 5.99. The lowest BCUT2D eigenvalue weighted by Gasteiger charge is -2.21. The minimum Gasteiger partial charge on any atom is -0.373 e. The van der Waals surface area contributed by atoms with Gasteiger partial charge in [-0.1, -0.05) is 36.6 Å². The minimum atomic E-state index is 0.0411. The van der Waals surface area contributed by atoms with Crippen molar-refractivity contribution >= 4 is 17.5 Å². The quantitative estimate of drug-likeness (QED) is 0.839. The highest BCUT2D eigenvalue weighted by Crippen LogP contribution is 2.40. The Bertz CT molecular complexity index is 544. The van der Waals surface area contributed by atoms with E-state index < -0.39 is 0 Å². The zero-order valence-electron chi connectivity index (χ0n) is 13.4. The van der Waals surface area contributed by atoms with Crippen LogP contribution in [0.15, 0.2) is 24.3 Å². The summed E-state index contributed by atoms with van der Waals surface area (Å²) in [7, 11) is 0. The van der Waals surface area contributed by atoms with E-state index in [-0.39, 0.29) is 11.5 Å². The third-order valence-corrected chi connectivity index (χ3v) is 5.14. The fraction of sp³-hybridized carbons (Fsp3) is 0.611. The molecule has 0 bridgehead atoms. The molecule has 4 nitrogen and oxygen atoms in total. The summed E-state index contributed by atoms with van der Waals surface area (Å²) in [5.74, 6) is 0.0411. The third-order valence-electron chi connectivity index (χ3n) is 4.90. The fourth-order valence-electron chi connectivity index (χ4n) is 3.68. The number of amides is 1. The van der Waals surface area contributed by atoms with E-state index in [0.717, 1.165) is 30.0 Å². The molecule has 1 amide bonds. The molecule has 1 saturated heterocycles. The Balaban J connectivity index is 1.32. The molecule has 3 rings (SSSR count). The molecule has 2 aliphatic rings. The van der Waals surface area contributed by atoms with Crippen molar-refractivity contribution in [2.75, 3.05) is 19.7 Å². The number of hydrogen-bond acceptors (Lipinski definition) is 3. The highest BCUT2D eigenvalue weighted by molar-refractivity contribution is 6.30. The Kier molecular flexibility index (Phi) is 5.57. The normalized spacial score (nSPS) is 22.6. The van der Waals surface area contributed by atoms with Crippen LogP contribution in [0.2, 0.25) is 5.02 Å². The Morgan fingerprint density at radius 1 is 1.35 bits per heavy atom. The Labute approximate surface area is 142 Å². The molecule has 1 aliphatic heterocycles. The van der Waals surface area contributed by atoms with Gasteiger partial charge in [0.05, 0.1) is 18.8 Å². The monoisotopic (exact) mass is 336 g/mol. The number of nitrogens with one attached hydrogen (secondary N) is 2. The SMILES string of the molecule is O=C(CNC1COC2(CCCC2)C1)NCCc1cccc(Cl)c1. The lowest BCUT2D eigenvalue weighted by Crippen LogP contribution is -2.40. The third kappa shape index (κ3) is 4.69. The zero-order valence-corrected chi connectivity index (χ0v) is 14.2. The fourth-order valence-corrected chi connectivity index (χ4v) is 3.89. The van der Waals surface area contributed by atoms with Crippen LogP contribution in [0.3, 0.4) is 0 Å². The Morgan fingerprint density at radius 3 is 2.96 bits per heavy atom. The van der Waals surface area contributed by atoms with Gasteiger partial charge in [0.2, 0.25) is 5.91 Å². The molecule has 1 aromatic carbocycles. The predicted molar refractivity (Wildman–Crippen MR) is 91.7 cm³/mol. The first-order valence-corrected chi connectivity index (χ1v) is 8.92. The number of benzene rings is 1. The van der Waals surface area contributed by atoms with E-state index in [1.807, 2.05) is 24.3 Å². The predicted octanol–water partition coefficient (Wildman–Crippen LogP) is 2.69. The van der Waals surface area contributed by atoms with Crippen LogP contribution in [0.5, 0.6) is 0 Å². The second-order valence-corrected chi connectivity index (χ2v) is 7.15. The van der Waals surface area contributed by atoms with E-state index in [1.165, 1.54) is 25.7 Å². The van der Waals surface area contributed by atoms with E-state index in [2.05, 4.69) is 10.6 Å². The molecule has 1 aromatic rings. The molecular formula is C18H25ClN2O2. The number of carbonyl (C=O) groups excluding carboxylic acids is 1. The molecule has 1 aliphatic carbocycles. The molecule has 1 unspecified atom stereocenters. The van der Waals surface area contributed by atoms with Gasteiger partial charge in [0, 0.05) is 17.6 Å². The second-order valence-electron chi connectivity index (χ2n) is 6.71. The van der Waals surface area contributed by atoms with Gasteiger partial charge in [-0.05, 0) is 43.4 Å². The molecule has 2 N–H and O–H groups in total. The number of rotatable bonds is 6. The molecule has 0 radical (unpaired) electrons. The van der Waals surface area contributed by atoms with Crippen LogP contribution in [0.25, 0.3) is 0 Å². The van der Waals surface area contributed by atoms with Gasteiger partial charge in [-0.15, -0.1) is 0 Å². The molecular weight excluding hydrogens is 312 g/mol. The number of hydrogen-bond donors (Lipinski definition) is 2. The first-order chi connectivity index (χ1) is 11.2. The van der Waals surface area contributed by atoms with Crippen molar-refractivity contribution in [3.8, 4) is 0 Å². The average Bonchev–Trinajstić information content (AvgIpc) is 3.16. The van der Waals surface area contributed by atoms with Gasteiger partial charge in [-0.3, -0.25) is 4.79 Å². The number of carbonyl (C=O) groups is 1. The molecule has 126 valence electrons. The Hall–Kier alpha value is -1.10. The molecule has 23 heavy (non-hydrogen) atoms. The van der Waals surface area contributed by atoms with Crippen molar-refractivity contribution in [3.63, 3.8) is 0 Å². The molecule has 5 heteroatoms. The summed E-state index contributed by atoms with van der Waals surface area (Å²) in [6.45, 7) is 1.72. The summed E-state index contributed by atoms with van der Waals surface area (Å²) in [5, 5.41) is 7.02. The first-order valence-electron chi connectivity index (χ1n) is 8.54. The van der Waals surface area contributed by atoms with Crippen LogP contribution in [0, 0.1) is 0 Å². The molecule has 1 spiro atoms. The van der Waals surface area contributed by atoms with Crippen LogP contribution >= 0.6 is 11.6 Å². The van der Waals surface area contributed by atoms with Gasteiger partial charge in [-0.25, -0.2) is 0 Å². The average molecular weight is 337 g/mol.